The number of nitrogens with one attached hydrogen (secondary N) is 1. The lowest BCUT2D eigenvalue weighted by Crippen LogP contribution is -2.18. The smallest absolute Gasteiger partial charge is 0.125 e. The van der Waals surface area contributed by atoms with Crippen LogP contribution in [0, 0.1) is 5.82 Å². The second-order valence-electron chi connectivity index (χ2n) is 4.43. The Labute approximate surface area is 125 Å². The zero-order chi connectivity index (χ0) is 13.8. The van der Waals surface area contributed by atoms with Crippen molar-refractivity contribution in [2.45, 2.75) is 19.5 Å². The van der Waals surface area contributed by atoms with Gasteiger partial charge in [0.1, 0.15) is 5.82 Å². The second kappa shape index (κ2) is 6.51. The fourth-order valence-corrected chi connectivity index (χ4v) is 2.36. The molecule has 0 amide bonds. The Morgan fingerprint density at radius 1 is 1.21 bits per heavy atom. The van der Waals surface area contributed by atoms with Crippen LogP contribution in [-0.2, 0) is 6.54 Å². The lowest BCUT2D eigenvalue weighted by atomic mass is 10.1. The van der Waals surface area contributed by atoms with Crippen LogP contribution in [0.3, 0.4) is 0 Å². The molecule has 1 N–H and O–H groups in total. The third-order valence-corrected chi connectivity index (χ3v) is 3.65. The predicted molar refractivity (Wildman–Crippen MR) is 80.8 cm³/mol. The van der Waals surface area contributed by atoms with E-state index in [-0.39, 0.29) is 11.9 Å². The first kappa shape index (κ1) is 14.5. The lowest BCUT2D eigenvalue weighted by molar-refractivity contribution is 0.569. The summed E-state index contributed by atoms with van der Waals surface area (Å²) in [6, 6.07) is 12.9. The van der Waals surface area contributed by atoms with Gasteiger partial charge in [-0.1, -0.05) is 39.7 Å². The van der Waals surface area contributed by atoms with Crippen LogP contribution in [0.5, 0.6) is 0 Å². The van der Waals surface area contributed by atoms with Crippen molar-refractivity contribution in [2.24, 2.45) is 0 Å². The standard InChI is InChI=1S/C15H14BrClFN/c1-10(12-2-4-13(16)5-3-12)19-9-11-6-14(17)8-15(18)7-11/h2-8,10,19H,9H2,1H3/t10-/m1/s1. The molecule has 0 aliphatic rings. The molecule has 1 atom stereocenters. The highest BCUT2D eigenvalue weighted by molar-refractivity contribution is 9.10. The molecule has 0 unspecified atom stereocenters. The molecule has 0 radical (unpaired) electrons. The minimum atomic E-state index is -0.305. The van der Waals surface area contributed by atoms with E-state index < -0.39 is 0 Å². The van der Waals surface area contributed by atoms with E-state index in [0.717, 1.165) is 10.0 Å². The normalized spacial score (nSPS) is 12.4. The molecule has 0 saturated heterocycles. The molecular formula is C15H14BrClFN. The topological polar surface area (TPSA) is 12.0 Å². The fraction of sp³-hybridized carbons (Fsp3) is 0.200. The van der Waals surface area contributed by atoms with E-state index in [1.807, 2.05) is 12.1 Å². The molecule has 100 valence electrons. The van der Waals surface area contributed by atoms with Crippen LogP contribution in [0.4, 0.5) is 4.39 Å². The van der Waals surface area contributed by atoms with Crippen molar-refractivity contribution in [1.82, 2.24) is 5.32 Å². The van der Waals surface area contributed by atoms with Gasteiger partial charge in [0.25, 0.3) is 0 Å². The van der Waals surface area contributed by atoms with Gasteiger partial charge in [0.05, 0.1) is 0 Å². The molecule has 2 aromatic carbocycles. The number of rotatable bonds is 4. The van der Waals surface area contributed by atoms with E-state index in [0.29, 0.717) is 11.6 Å². The average Bonchev–Trinajstić information content (AvgIpc) is 2.36. The van der Waals surface area contributed by atoms with Crippen molar-refractivity contribution < 1.29 is 4.39 Å². The summed E-state index contributed by atoms with van der Waals surface area (Å²) in [5.74, 6) is -0.305. The summed E-state index contributed by atoms with van der Waals surface area (Å²) in [7, 11) is 0. The zero-order valence-corrected chi connectivity index (χ0v) is 12.8. The third kappa shape index (κ3) is 4.30. The Kier molecular flexibility index (Phi) is 4.97. The molecule has 0 aliphatic carbocycles. The van der Waals surface area contributed by atoms with Gasteiger partial charge in [-0.15, -0.1) is 0 Å². The number of halogens is 3. The maximum atomic E-state index is 13.2. The Hall–Kier alpha value is -0.900. The van der Waals surface area contributed by atoms with Crippen molar-refractivity contribution in [3.05, 3.63) is 68.9 Å². The molecule has 0 fully saturated rings. The molecule has 0 saturated carbocycles. The number of hydrogen-bond donors (Lipinski definition) is 1. The van der Waals surface area contributed by atoms with Crippen molar-refractivity contribution in [1.29, 1.82) is 0 Å². The largest absolute Gasteiger partial charge is 0.306 e. The molecular weight excluding hydrogens is 329 g/mol. The van der Waals surface area contributed by atoms with E-state index in [4.69, 9.17) is 11.6 Å². The maximum absolute atomic E-state index is 13.2. The number of benzene rings is 2. The van der Waals surface area contributed by atoms with Gasteiger partial charge in [0.2, 0.25) is 0 Å². The summed E-state index contributed by atoms with van der Waals surface area (Å²) < 4.78 is 14.3. The zero-order valence-electron chi connectivity index (χ0n) is 10.5. The third-order valence-electron chi connectivity index (χ3n) is 2.90. The molecule has 0 aromatic heterocycles. The van der Waals surface area contributed by atoms with Gasteiger partial charge in [0, 0.05) is 22.1 Å². The van der Waals surface area contributed by atoms with E-state index in [9.17, 15) is 4.39 Å². The molecule has 1 nitrogen and oxygen atoms in total. The highest BCUT2D eigenvalue weighted by Crippen LogP contribution is 2.18. The lowest BCUT2D eigenvalue weighted by Gasteiger charge is -2.14. The van der Waals surface area contributed by atoms with E-state index in [2.05, 4.69) is 40.3 Å². The van der Waals surface area contributed by atoms with E-state index in [1.165, 1.54) is 17.7 Å². The van der Waals surface area contributed by atoms with Crippen molar-refractivity contribution in [2.75, 3.05) is 0 Å². The van der Waals surface area contributed by atoms with Crippen LogP contribution in [0.15, 0.2) is 46.9 Å². The highest BCUT2D eigenvalue weighted by atomic mass is 79.9. The Bertz CT molecular complexity index is 536. The monoisotopic (exact) mass is 341 g/mol. The summed E-state index contributed by atoms with van der Waals surface area (Å²) in [4.78, 5) is 0. The molecule has 2 rings (SSSR count). The fourth-order valence-electron chi connectivity index (χ4n) is 1.85. The van der Waals surface area contributed by atoms with Crippen LogP contribution in [0.1, 0.15) is 24.1 Å². The molecule has 4 heteroatoms. The Balaban J connectivity index is 1.99. The molecule has 0 heterocycles. The molecule has 0 spiro atoms. The first-order chi connectivity index (χ1) is 9.04. The SMILES string of the molecule is C[C@@H](NCc1cc(F)cc(Cl)c1)c1ccc(Br)cc1. The summed E-state index contributed by atoms with van der Waals surface area (Å²) in [5.41, 5.74) is 2.03. The second-order valence-corrected chi connectivity index (χ2v) is 5.78. The van der Waals surface area contributed by atoms with Crippen LogP contribution in [0.25, 0.3) is 0 Å². The van der Waals surface area contributed by atoms with Gasteiger partial charge in [-0.2, -0.15) is 0 Å². The minimum absolute atomic E-state index is 0.190. The molecule has 2 aromatic rings. The van der Waals surface area contributed by atoms with Crippen molar-refractivity contribution >= 4 is 27.5 Å². The van der Waals surface area contributed by atoms with Gasteiger partial charge in [0.15, 0.2) is 0 Å². The van der Waals surface area contributed by atoms with Gasteiger partial charge in [-0.3, -0.25) is 0 Å². The minimum Gasteiger partial charge on any atom is -0.306 e. The summed E-state index contributed by atoms with van der Waals surface area (Å²) in [5, 5.41) is 3.77. The van der Waals surface area contributed by atoms with E-state index in [1.54, 1.807) is 6.07 Å². The highest BCUT2D eigenvalue weighted by Gasteiger charge is 2.05. The van der Waals surface area contributed by atoms with Crippen LogP contribution < -0.4 is 5.32 Å². The quantitative estimate of drug-likeness (QED) is 0.816. The van der Waals surface area contributed by atoms with Crippen molar-refractivity contribution in [3.63, 3.8) is 0 Å². The van der Waals surface area contributed by atoms with Crippen LogP contribution in [-0.4, -0.2) is 0 Å². The van der Waals surface area contributed by atoms with E-state index >= 15 is 0 Å². The van der Waals surface area contributed by atoms with Gasteiger partial charge >= 0.3 is 0 Å². The average molecular weight is 343 g/mol. The Morgan fingerprint density at radius 2 is 1.89 bits per heavy atom. The first-order valence-electron chi connectivity index (χ1n) is 5.98. The predicted octanol–water partition coefficient (Wildman–Crippen LogP) is 5.09. The van der Waals surface area contributed by atoms with Crippen molar-refractivity contribution in [3.8, 4) is 0 Å². The first-order valence-corrected chi connectivity index (χ1v) is 7.15. The summed E-state index contributed by atoms with van der Waals surface area (Å²) in [6.45, 7) is 2.65. The van der Waals surface area contributed by atoms with Crippen LogP contribution in [0.2, 0.25) is 5.02 Å². The van der Waals surface area contributed by atoms with Crippen LogP contribution >= 0.6 is 27.5 Å². The summed E-state index contributed by atoms with van der Waals surface area (Å²) in [6.07, 6.45) is 0. The number of hydrogen-bond acceptors (Lipinski definition) is 1. The maximum Gasteiger partial charge on any atom is 0.125 e. The molecule has 0 bridgehead atoms. The molecule has 0 aliphatic heterocycles. The van der Waals surface area contributed by atoms with Gasteiger partial charge in [-0.05, 0) is 48.4 Å². The van der Waals surface area contributed by atoms with Gasteiger partial charge in [-0.25, -0.2) is 4.39 Å². The molecule has 19 heavy (non-hydrogen) atoms. The summed E-state index contributed by atoms with van der Waals surface area (Å²) >= 11 is 9.24. The Morgan fingerprint density at radius 3 is 2.53 bits per heavy atom. The van der Waals surface area contributed by atoms with Gasteiger partial charge < -0.3 is 5.32 Å².